The van der Waals surface area contributed by atoms with Crippen LogP contribution in [0.1, 0.15) is 22.8 Å². The Kier molecular flexibility index (Phi) is 2.38. The van der Waals surface area contributed by atoms with Gasteiger partial charge in [0, 0.05) is 11.3 Å². The van der Waals surface area contributed by atoms with Gasteiger partial charge in [0.1, 0.15) is 0 Å². The van der Waals surface area contributed by atoms with Crippen molar-refractivity contribution >= 4 is 23.1 Å². The largest absolute Gasteiger partial charge is 0.399 e. The third-order valence-electron chi connectivity index (χ3n) is 1.66. The van der Waals surface area contributed by atoms with Crippen molar-refractivity contribution in [2.75, 3.05) is 5.73 Å². The van der Waals surface area contributed by atoms with Crippen LogP contribution in [0.2, 0.25) is 5.02 Å². The van der Waals surface area contributed by atoms with Crippen LogP contribution in [0.5, 0.6) is 0 Å². The van der Waals surface area contributed by atoms with E-state index in [9.17, 15) is 4.79 Å². The second-order valence-electron chi connectivity index (χ2n) is 2.76. The first-order chi connectivity index (χ1) is 5.52. The minimum Gasteiger partial charge on any atom is -0.399 e. The molecule has 0 radical (unpaired) electrons. The van der Waals surface area contributed by atoms with Crippen molar-refractivity contribution in [1.82, 2.24) is 0 Å². The van der Waals surface area contributed by atoms with Crippen LogP contribution in [0, 0.1) is 6.92 Å². The Hall–Kier alpha value is -1.02. The zero-order valence-electron chi connectivity index (χ0n) is 7.02. The summed E-state index contributed by atoms with van der Waals surface area (Å²) in [4.78, 5) is 11.0. The van der Waals surface area contributed by atoms with E-state index in [0.29, 0.717) is 16.3 Å². The first-order valence-corrected chi connectivity index (χ1v) is 3.96. The third kappa shape index (κ3) is 1.59. The van der Waals surface area contributed by atoms with E-state index >= 15 is 0 Å². The Balaban J connectivity index is 3.37. The Morgan fingerprint density at radius 1 is 1.50 bits per heavy atom. The highest BCUT2D eigenvalue weighted by Crippen LogP contribution is 2.23. The van der Waals surface area contributed by atoms with Gasteiger partial charge < -0.3 is 5.73 Å². The molecule has 0 aliphatic rings. The van der Waals surface area contributed by atoms with Crippen LogP contribution in [-0.4, -0.2) is 5.78 Å². The van der Waals surface area contributed by atoms with Gasteiger partial charge in [-0.2, -0.15) is 0 Å². The van der Waals surface area contributed by atoms with Crippen LogP contribution in [0.4, 0.5) is 5.69 Å². The molecule has 0 saturated heterocycles. The highest BCUT2D eigenvalue weighted by molar-refractivity contribution is 6.34. The molecule has 3 heteroatoms. The highest BCUT2D eigenvalue weighted by atomic mass is 35.5. The van der Waals surface area contributed by atoms with Crippen LogP contribution in [0.15, 0.2) is 12.1 Å². The van der Waals surface area contributed by atoms with E-state index in [1.807, 2.05) is 6.92 Å². The summed E-state index contributed by atoms with van der Waals surface area (Å²) in [5.74, 6) is -0.0598. The smallest absolute Gasteiger partial charge is 0.161 e. The summed E-state index contributed by atoms with van der Waals surface area (Å²) in [6.45, 7) is 3.30. The van der Waals surface area contributed by atoms with Gasteiger partial charge in [-0.25, -0.2) is 0 Å². The molecule has 0 aliphatic heterocycles. The Morgan fingerprint density at radius 2 is 2.08 bits per heavy atom. The lowest BCUT2D eigenvalue weighted by atomic mass is 10.1. The van der Waals surface area contributed by atoms with Gasteiger partial charge >= 0.3 is 0 Å². The third-order valence-corrected chi connectivity index (χ3v) is 2.16. The Labute approximate surface area is 76.3 Å². The average Bonchev–Trinajstić information content (AvgIpc) is 1.96. The molecule has 1 rings (SSSR count). The monoisotopic (exact) mass is 183 g/mol. The number of benzene rings is 1. The van der Waals surface area contributed by atoms with Gasteiger partial charge in [-0.05, 0) is 31.5 Å². The fourth-order valence-electron chi connectivity index (χ4n) is 1.05. The molecule has 0 aromatic heterocycles. The Morgan fingerprint density at radius 3 is 2.58 bits per heavy atom. The highest BCUT2D eigenvalue weighted by Gasteiger charge is 2.08. The number of rotatable bonds is 1. The number of halogens is 1. The van der Waals surface area contributed by atoms with E-state index < -0.39 is 0 Å². The van der Waals surface area contributed by atoms with Gasteiger partial charge in [-0.3, -0.25) is 4.79 Å². The fourth-order valence-corrected chi connectivity index (χ4v) is 1.30. The number of hydrogen-bond donors (Lipinski definition) is 1. The zero-order chi connectivity index (χ0) is 9.30. The zero-order valence-corrected chi connectivity index (χ0v) is 7.77. The van der Waals surface area contributed by atoms with Crippen molar-refractivity contribution in [2.24, 2.45) is 0 Å². The van der Waals surface area contributed by atoms with E-state index in [0.717, 1.165) is 5.56 Å². The number of hydrogen-bond acceptors (Lipinski definition) is 2. The van der Waals surface area contributed by atoms with E-state index in [1.165, 1.54) is 6.92 Å². The quantitative estimate of drug-likeness (QED) is 0.537. The van der Waals surface area contributed by atoms with Crippen molar-refractivity contribution in [2.45, 2.75) is 13.8 Å². The number of ketones is 1. The molecule has 0 amide bonds. The van der Waals surface area contributed by atoms with Crippen LogP contribution >= 0.6 is 11.6 Å². The maximum atomic E-state index is 11.0. The topological polar surface area (TPSA) is 43.1 Å². The lowest BCUT2D eigenvalue weighted by molar-refractivity contribution is 0.101. The van der Waals surface area contributed by atoms with E-state index in [-0.39, 0.29) is 5.78 Å². The molecule has 0 spiro atoms. The van der Waals surface area contributed by atoms with Crippen molar-refractivity contribution < 1.29 is 4.79 Å². The molecule has 0 bridgehead atoms. The molecular formula is C9H10ClNO. The minimum absolute atomic E-state index is 0.0598. The summed E-state index contributed by atoms with van der Waals surface area (Å²) < 4.78 is 0. The van der Waals surface area contributed by atoms with Crippen molar-refractivity contribution in [3.63, 3.8) is 0 Å². The van der Waals surface area contributed by atoms with E-state index in [4.69, 9.17) is 17.3 Å². The van der Waals surface area contributed by atoms with Crippen molar-refractivity contribution in [3.05, 3.63) is 28.3 Å². The molecule has 1 aromatic carbocycles. The molecule has 12 heavy (non-hydrogen) atoms. The van der Waals surface area contributed by atoms with Gasteiger partial charge in [0.05, 0.1) is 5.02 Å². The number of carbonyl (C=O) groups excluding carboxylic acids is 1. The molecule has 0 aliphatic carbocycles. The Bertz CT molecular complexity index is 334. The van der Waals surface area contributed by atoms with Crippen LogP contribution in [0.25, 0.3) is 0 Å². The number of nitrogen functional groups attached to an aromatic ring is 1. The lowest BCUT2D eigenvalue weighted by Gasteiger charge is -2.04. The number of aryl methyl sites for hydroxylation is 1. The maximum absolute atomic E-state index is 11.0. The summed E-state index contributed by atoms with van der Waals surface area (Å²) in [6, 6.07) is 3.34. The molecule has 2 N–H and O–H groups in total. The van der Waals surface area contributed by atoms with E-state index in [1.54, 1.807) is 12.1 Å². The van der Waals surface area contributed by atoms with E-state index in [2.05, 4.69) is 0 Å². The van der Waals surface area contributed by atoms with Gasteiger partial charge in [-0.1, -0.05) is 11.6 Å². The van der Waals surface area contributed by atoms with Gasteiger partial charge in [0.2, 0.25) is 0 Å². The van der Waals surface area contributed by atoms with Crippen molar-refractivity contribution in [3.8, 4) is 0 Å². The van der Waals surface area contributed by atoms with Crippen molar-refractivity contribution in [1.29, 1.82) is 0 Å². The summed E-state index contributed by atoms with van der Waals surface area (Å²) in [5.41, 5.74) is 7.46. The summed E-state index contributed by atoms with van der Waals surface area (Å²) in [7, 11) is 0. The summed E-state index contributed by atoms with van der Waals surface area (Å²) in [5, 5.41) is 0.497. The normalized spacial score (nSPS) is 9.92. The molecule has 64 valence electrons. The average molecular weight is 184 g/mol. The predicted octanol–water partition coefficient (Wildman–Crippen LogP) is 2.43. The number of carbonyl (C=O) groups is 1. The molecule has 2 nitrogen and oxygen atoms in total. The molecule has 0 fully saturated rings. The molecular weight excluding hydrogens is 174 g/mol. The summed E-state index contributed by atoms with van der Waals surface area (Å²) >= 11 is 5.88. The first kappa shape index (κ1) is 9.07. The van der Waals surface area contributed by atoms with Gasteiger partial charge in [-0.15, -0.1) is 0 Å². The predicted molar refractivity (Wildman–Crippen MR) is 50.6 cm³/mol. The fraction of sp³-hybridized carbons (Fsp3) is 0.222. The standard InChI is InChI=1S/C9H10ClNO/c1-5-3-7(11)4-8(6(2)12)9(5)10/h3-4H,11H2,1-2H3. The van der Waals surface area contributed by atoms with Gasteiger partial charge in [0.25, 0.3) is 0 Å². The maximum Gasteiger partial charge on any atom is 0.161 e. The van der Waals surface area contributed by atoms with Crippen LogP contribution < -0.4 is 5.73 Å². The summed E-state index contributed by atoms with van der Waals surface area (Å²) in [6.07, 6.45) is 0. The van der Waals surface area contributed by atoms with Crippen LogP contribution in [-0.2, 0) is 0 Å². The molecule has 0 heterocycles. The van der Waals surface area contributed by atoms with Gasteiger partial charge in [0.15, 0.2) is 5.78 Å². The molecule has 0 unspecified atom stereocenters. The number of nitrogens with two attached hydrogens (primary N) is 1. The van der Waals surface area contributed by atoms with Crippen LogP contribution in [0.3, 0.4) is 0 Å². The second-order valence-corrected chi connectivity index (χ2v) is 3.13. The molecule has 0 saturated carbocycles. The minimum atomic E-state index is -0.0598. The number of anilines is 1. The number of Topliss-reactive ketones (excluding diaryl/α,β-unsaturated/α-hetero) is 1. The lowest BCUT2D eigenvalue weighted by Crippen LogP contribution is -1.97. The molecule has 1 aromatic rings. The molecule has 0 atom stereocenters. The first-order valence-electron chi connectivity index (χ1n) is 3.59. The second kappa shape index (κ2) is 3.15. The SMILES string of the molecule is CC(=O)c1cc(N)cc(C)c1Cl.